The summed E-state index contributed by atoms with van der Waals surface area (Å²) >= 11 is 12.5. The van der Waals surface area contributed by atoms with E-state index in [1.807, 2.05) is 42.2 Å². The number of nitrogens with zero attached hydrogens (tertiary/aromatic N) is 4. The summed E-state index contributed by atoms with van der Waals surface area (Å²) in [6.07, 6.45) is 2.54. The number of nitrogens with one attached hydrogen (secondary N) is 1. The molecular weight excluding hydrogens is 473 g/mol. The zero-order valence-corrected chi connectivity index (χ0v) is 20.4. The fraction of sp³-hybridized carbons (Fsp3) is 0.320. The monoisotopic (exact) mass is 497 g/mol. The van der Waals surface area contributed by atoms with Crippen LogP contribution in [0.3, 0.4) is 0 Å². The molecule has 0 saturated carbocycles. The van der Waals surface area contributed by atoms with Crippen molar-refractivity contribution in [3.05, 3.63) is 68.7 Å². The summed E-state index contributed by atoms with van der Waals surface area (Å²) in [5.74, 6) is 0.0972. The molecule has 1 aliphatic heterocycles. The summed E-state index contributed by atoms with van der Waals surface area (Å²) in [6.45, 7) is 5.12. The third-order valence-corrected chi connectivity index (χ3v) is 7.23. The van der Waals surface area contributed by atoms with Crippen molar-refractivity contribution in [1.29, 1.82) is 0 Å². The largest absolute Gasteiger partial charge is 0.367 e. The number of H-pyrrole nitrogens is 1. The van der Waals surface area contributed by atoms with Gasteiger partial charge in [-0.1, -0.05) is 40.9 Å². The highest BCUT2D eigenvalue weighted by Crippen LogP contribution is 2.33. The first-order valence-electron chi connectivity index (χ1n) is 11.4. The van der Waals surface area contributed by atoms with Crippen molar-refractivity contribution in [2.75, 3.05) is 31.1 Å². The van der Waals surface area contributed by atoms with Gasteiger partial charge in [-0.3, -0.25) is 14.2 Å². The van der Waals surface area contributed by atoms with Gasteiger partial charge in [0.25, 0.3) is 5.56 Å². The Hall–Kier alpha value is -3.03. The Morgan fingerprint density at radius 2 is 1.91 bits per heavy atom. The number of rotatable bonds is 5. The predicted molar refractivity (Wildman–Crippen MR) is 137 cm³/mol. The molecule has 0 radical (unpaired) electrons. The Labute approximate surface area is 206 Å². The summed E-state index contributed by atoms with van der Waals surface area (Å²) in [5, 5.41) is 2.03. The van der Waals surface area contributed by atoms with E-state index >= 15 is 0 Å². The van der Waals surface area contributed by atoms with Crippen LogP contribution in [0.2, 0.25) is 10.0 Å². The SMILES string of the molecule is Cc1ccc2[nH]c3c(=O)n(CCCC(=O)N4CCN(c5cccc(Cl)c5Cl)CC4)cnc3c2c1. The Balaban J connectivity index is 1.19. The van der Waals surface area contributed by atoms with Crippen LogP contribution < -0.4 is 10.5 Å². The van der Waals surface area contributed by atoms with Crippen LogP contribution in [0.5, 0.6) is 0 Å². The van der Waals surface area contributed by atoms with Gasteiger partial charge in [0.05, 0.1) is 22.1 Å². The summed E-state index contributed by atoms with van der Waals surface area (Å²) in [4.78, 5) is 37.4. The maximum absolute atomic E-state index is 13.0. The van der Waals surface area contributed by atoms with Crippen LogP contribution in [0.4, 0.5) is 5.69 Å². The first-order valence-corrected chi connectivity index (χ1v) is 12.1. The maximum atomic E-state index is 13.0. The number of aryl methyl sites for hydroxylation is 2. The maximum Gasteiger partial charge on any atom is 0.277 e. The third kappa shape index (κ3) is 4.26. The number of hydrogen-bond acceptors (Lipinski definition) is 4. The molecule has 0 aliphatic carbocycles. The fourth-order valence-corrected chi connectivity index (χ4v) is 4.97. The minimum absolute atomic E-state index is 0.0972. The van der Waals surface area contributed by atoms with Gasteiger partial charge in [-0.2, -0.15) is 0 Å². The van der Waals surface area contributed by atoms with Crippen molar-refractivity contribution in [3.8, 4) is 0 Å². The van der Waals surface area contributed by atoms with E-state index in [9.17, 15) is 9.59 Å². The molecule has 176 valence electrons. The number of carbonyl (C=O) groups is 1. The van der Waals surface area contributed by atoms with Crippen molar-refractivity contribution >= 4 is 56.7 Å². The molecule has 0 bridgehead atoms. The molecule has 9 heteroatoms. The van der Waals surface area contributed by atoms with Crippen molar-refractivity contribution in [1.82, 2.24) is 19.4 Å². The van der Waals surface area contributed by atoms with Crippen molar-refractivity contribution in [2.24, 2.45) is 0 Å². The van der Waals surface area contributed by atoms with Gasteiger partial charge in [-0.05, 0) is 37.6 Å². The summed E-state index contributed by atoms with van der Waals surface area (Å²) < 4.78 is 1.58. The summed E-state index contributed by atoms with van der Waals surface area (Å²) in [7, 11) is 0. The van der Waals surface area contributed by atoms with Gasteiger partial charge in [-0.15, -0.1) is 0 Å². The summed E-state index contributed by atoms with van der Waals surface area (Å²) in [6, 6.07) is 11.6. The van der Waals surface area contributed by atoms with Crippen LogP contribution in [-0.4, -0.2) is 51.5 Å². The number of benzene rings is 2. The average molecular weight is 498 g/mol. The smallest absolute Gasteiger partial charge is 0.277 e. The first-order chi connectivity index (χ1) is 16.4. The zero-order valence-electron chi connectivity index (χ0n) is 18.9. The van der Waals surface area contributed by atoms with Gasteiger partial charge >= 0.3 is 0 Å². The molecule has 2 aromatic heterocycles. The minimum atomic E-state index is -0.113. The quantitative estimate of drug-likeness (QED) is 0.436. The van der Waals surface area contributed by atoms with Crippen molar-refractivity contribution in [2.45, 2.75) is 26.3 Å². The number of halogens is 2. The van der Waals surface area contributed by atoms with Gasteiger partial charge in [-0.25, -0.2) is 4.98 Å². The van der Waals surface area contributed by atoms with E-state index < -0.39 is 0 Å². The zero-order chi connectivity index (χ0) is 23.8. The van der Waals surface area contributed by atoms with Gasteiger partial charge in [0.15, 0.2) is 0 Å². The minimum Gasteiger partial charge on any atom is -0.367 e. The number of anilines is 1. The fourth-order valence-electron chi connectivity index (χ4n) is 4.56. The second-order valence-electron chi connectivity index (χ2n) is 8.69. The molecule has 1 saturated heterocycles. The standard InChI is InChI=1S/C25H25Cl2N5O2/c1-16-7-8-19-17(14-16)23-24(29-19)25(34)32(15-28-23)9-3-6-21(33)31-12-10-30(11-13-31)20-5-2-4-18(26)22(20)27/h2,4-5,7-8,14-15,29H,3,6,9-13H2,1H3. The molecule has 2 aromatic carbocycles. The highest BCUT2D eigenvalue weighted by atomic mass is 35.5. The van der Waals surface area contributed by atoms with Crippen LogP contribution >= 0.6 is 23.2 Å². The Bertz CT molecular complexity index is 1440. The number of piperazine rings is 1. The average Bonchev–Trinajstić information content (AvgIpc) is 3.21. The number of aromatic amines is 1. The molecular formula is C25H25Cl2N5O2. The molecule has 1 aliphatic rings. The van der Waals surface area contributed by atoms with Crippen LogP contribution in [0.25, 0.3) is 21.9 Å². The summed E-state index contributed by atoms with van der Waals surface area (Å²) in [5.41, 5.74) is 4.00. The van der Waals surface area contributed by atoms with Crippen molar-refractivity contribution < 1.29 is 4.79 Å². The molecule has 4 aromatic rings. The molecule has 1 amide bonds. The lowest BCUT2D eigenvalue weighted by Gasteiger charge is -2.36. The Kier molecular flexibility index (Phi) is 6.23. The van der Waals surface area contributed by atoms with E-state index in [1.165, 1.54) is 0 Å². The second-order valence-corrected chi connectivity index (χ2v) is 9.47. The van der Waals surface area contributed by atoms with E-state index in [0.29, 0.717) is 66.6 Å². The number of amides is 1. The van der Waals surface area contributed by atoms with Gasteiger partial charge in [0.2, 0.25) is 5.91 Å². The van der Waals surface area contributed by atoms with Crippen LogP contribution in [0.15, 0.2) is 47.5 Å². The number of fused-ring (bicyclic) bond motifs is 3. The highest BCUT2D eigenvalue weighted by Gasteiger charge is 2.23. The Morgan fingerprint density at radius 3 is 2.71 bits per heavy atom. The topological polar surface area (TPSA) is 74.2 Å². The lowest BCUT2D eigenvalue weighted by molar-refractivity contribution is -0.131. The van der Waals surface area contributed by atoms with Crippen molar-refractivity contribution in [3.63, 3.8) is 0 Å². The lowest BCUT2D eigenvalue weighted by atomic mass is 10.2. The molecule has 1 fully saturated rings. The molecule has 34 heavy (non-hydrogen) atoms. The highest BCUT2D eigenvalue weighted by molar-refractivity contribution is 6.43. The molecule has 7 nitrogen and oxygen atoms in total. The van der Waals surface area contributed by atoms with E-state index in [0.717, 1.165) is 22.2 Å². The second kappa shape index (κ2) is 9.31. The van der Waals surface area contributed by atoms with Crippen LogP contribution in [0.1, 0.15) is 18.4 Å². The molecule has 0 atom stereocenters. The van der Waals surface area contributed by atoms with Crippen LogP contribution in [0, 0.1) is 6.92 Å². The van der Waals surface area contributed by atoms with Gasteiger partial charge in [0, 0.05) is 50.0 Å². The van der Waals surface area contributed by atoms with Gasteiger partial charge < -0.3 is 14.8 Å². The lowest BCUT2D eigenvalue weighted by Crippen LogP contribution is -2.48. The number of carbonyl (C=O) groups excluding carboxylic acids is 1. The Morgan fingerprint density at radius 1 is 1.12 bits per heavy atom. The third-order valence-electron chi connectivity index (χ3n) is 6.42. The van der Waals surface area contributed by atoms with E-state index in [-0.39, 0.29) is 11.5 Å². The number of hydrogen-bond donors (Lipinski definition) is 1. The normalized spacial score (nSPS) is 14.3. The first kappa shape index (κ1) is 22.7. The molecule has 0 spiro atoms. The predicted octanol–water partition coefficient (Wildman–Crippen LogP) is 4.62. The van der Waals surface area contributed by atoms with E-state index in [4.69, 9.17) is 23.2 Å². The molecule has 5 rings (SSSR count). The van der Waals surface area contributed by atoms with E-state index in [1.54, 1.807) is 17.0 Å². The van der Waals surface area contributed by atoms with E-state index in [2.05, 4.69) is 14.9 Å². The molecule has 3 heterocycles. The van der Waals surface area contributed by atoms with Crippen LogP contribution in [-0.2, 0) is 11.3 Å². The molecule has 1 N–H and O–H groups in total. The van der Waals surface area contributed by atoms with Gasteiger partial charge in [0.1, 0.15) is 11.0 Å². The molecule has 0 unspecified atom stereocenters. The number of aromatic nitrogens is 3.